The molecule has 281 valence electrons. The molecule has 1 aliphatic heterocycles. The van der Waals surface area contributed by atoms with Gasteiger partial charge in [0.1, 0.15) is 0 Å². The zero-order valence-electron chi connectivity index (χ0n) is 34.3. The molecule has 0 atom stereocenters. The van der Waals surface area contributed by atoms with Gasteiger partial charge in [-0.1, -0.05) is 152 Å². The molecule has 1 N–H and O–H groups in total. The molecule has 1 radical (unpaired) electrons. The Morgan fingerprint density at radius 1 is 0.632 bits per heavy atom. The summed E-state index contributed by atoms with van der Waals surface area (Å²) in [5, 5.41) is 11.9. The van der Waals surface area contributed by atoms with Gasteiger partial charge in [0, 0.05) is 64.5 Å². The van der Waals surface area contributed by atoms with Crippen LogP contribution in [0.5, 0.6) is 0 Å². The van der Waals surface area contributed by atoms with Crippen molar-refractivity contribution >= 4 is 93.7 Å². The molecular weight excluding hydrogens is 707 g/mol. The lowest BCUT2D eigenvalue weighted by Crippen LogP contribution is -2.38. The van der Waals surface area contributed by atoms with Crippen LogP contribution in [0, 0.1) is 0 Å². The van der Waals surface area contributed by atoms with Crippen LogP contribution in [0.25, 0.3) is 69.6 Å². The van der Waals surface area contributed by atoms with E-state index >= 15 is 0 Å². The standard InChI is InChI=1S/C53H50BN2S/c1-8-9-10-15-32-20-27-45-43(28-32)54-49-41(30-42(53(5,6)7)48-38-26-21-33-16-11-12-17-36(33)50(38)56(45)51(48)49)39-29-40-37-18-13-14-19-46(37)57-47(40)31-44(39)55-35-24-22-34(23-25-35)52(2,3)4/h11-14,16-31,55H,8-10,15H2,1-7H3. The Labute approximate surface area is 341 Å². The van der Waals surface area contributed by atoms with E-state index in [9.17, 15) is 0 Å². The normalized spacial score (nSPS) is 12.9. The average Bonchev–Trinajstić information content (AvgIpc) is 3.74. The number of rotatable bonds is 7. The fourth-order valence-corrected chi connectivity index (χ4v) is 10.4. The zero-order chi connectivity index (χ0) is 39.2. The van der Waals surface area contributed by atoms with Crippen LogP contribution in [0.15, 0.2) is 121 Å². The number of nitrogens with one attached hydrogen (secondary N) is 1. The Morgan fingerprint density at radius 2 is 1.40 bits per heavy atom. The van der Waals surface area contributed by atoms with Gasteiger partial charge in [-0.15, -0.1) is 11.3 Å². The molecule has 0 fully saturated rings. The summed E-state index contributed by atoms with van der Waals surface area (Å²) in [6.45, 7) is 16.3. The predicted molar refractivity (Wildman–Crippen MR) is 252 cm³/mol. The Morgan fingerprint density at radius 3 is 2.18 bits per heavy atom. The number of benzene rings is 7. The van der Waals surface area contributed by atoms with Gasteiger partial charge in [-0.25, -0.2) is 0 Å². The smallest absolute Gasteiger partial charge is 0.197 e. The van der Waals surface area contributed by atoms with Crippen molar-refractivity contribution in [3.05, 3.63) is 138 Å². The van der Waals surface area contributed by atoms with Crippen molar-refractivity contribution < 1.29 is 0 Å². The van der Waals surface area contributed by atoms with Gasteiger partial charge >= 0.3 is 0 Å². The number of anilines is 2. The number of aromatic nitrogens is 1. The fourth-order valence-electron chi connectivity index (χ4n) is 9.32. The number of thiophene rings is 1. The minimum atomic E-state index is -0.114. The molecule has 0 spiro atoms. The van der Waals surface area contributed by atoms with Gasteiger partial charge in [0.15, 0.2) is 7.28 Å². The predicted octanol–water partition coefficient (Wildman–Crippen LogP) is 14.0. The second-order valence-electron chi connectivity index (χ2n) is 18.3. The summed E-state index contributed by atoms with van der Waals surface area (Å²) in [5.41, 5.74) is 15.3. The van der Waals surface area contributed by atoms with Crippen LogP contribution >= 0.6 is 11.3 Å². The first kappa shape index (κ1) is 36.1. The molecule has 0 amide bonds. The maximum Gasteiger partial charge on any atom is 0.197 e. The summed E-state index contributed by atoms with van der Waals surface area (Å²) in [4.78, 5) is 0. The van der Waals surface area contributed by atoms with E-state index in [4.69, 9.17) is 0 Å². The minimum absolute atomic E-state index is 0.0902. The van der Waals surface area contributed by atoms with Crippen LogP contribution in [0.4, 0.5) is 11.4 Å². The van der Waals surface area contributed by atoms with Crippen LogP contribution in [0.2, 0.25) is 0 Å². The highest BCUT2D eigenvalue weighted by atomic mass is 32.1. The SMILES string of the molecule is CCCCCc1ccc2c(c1)[B]c1c(-c3cc4c(cc3Nc3ccc(C(C)(C)C)cc3)sc3ccccc34)cc(C(C)(C)C)c3c4ccc5ccccc5c4n-2c13. The van der Waals surface area contributed by atoms with E-state index in [1.54, 1.807) is 0 Å². The highest BCUT2D eigenvalue weighted by Crippen LogP contribution is 2.46. The van der Waals surface area contributed by atoms with E-state index in [0.29, 0.717) is 0 Å². The molecule has 0 saturated heterocycles. The summed E-state index contributed by atoms with van der Waals surface area (Å²) in [5.74, 6) is 0. The first-order valence-corrected chi connectivity index (χ1v) is 21.6. The topological polar surface area (TPSA) is 17.0 Å². The Hall–Kier alpha value is -5.32. The van der Waals surface area contributed by atoms with E-state index in [-0.39, 0.29) is 10.8 Å². The summed E-state index contributed by atoms with van der Waals surface area (Å²) in [7, 11) is 2.52. The largest absolute Gasteiger partial charge is 0.355 e. The highest BCUT2D eigenvalue weighted by molar-refractivity contribution is 7.25. The number of aryl methyl sites for hydroxylation is 1. The van der Waals surface area contributed by atoms with E-state index < -0.39 is 0 Å². The first-order valence-electron chi connectivity index (χ1n) is 20.8. The number of hydrogen-bond acceptors (Lipinski definition) is 2. The third-order valence-electron chi connectivity index (χ3n) is 12.3. The molecule has 3 heterocycles. The van der Waals surface area contributed by atoms with Gasteiger partial charge in [0.25, 0.3) is 0 Å². The Kier molecular flexibility index (Phi) is 8.47. The third-order valence-corrected chi connectivity index (χ3v) is 13.4. The number of hydrogen-bond donors (Lipinski definition) is 1. The average molecular weight is 758 g/mol. The molecule has 9 aromatic rings. The molecule has 2 nitrogen and oxygen atoms in total. The number of unbranched alkanes of at least 4 members (excludes halogenated alkanes) is 2. The van der Waals surface area contributed by atoms with Crippen molar-refractivity contribution in [3.8, 4) is 16.8 Å². The van der Waals surface area contributed by atoms with Crippen LogP contribution < -0.4 is 16.2 Å². The van der Waals surface area contributed by atoms with Crippen molar-refractivity contribution in [2.45, 2.75) is 85.0 Å². The zero-order valence-corrected chi connectivity index (χ0v) is 35.1. The summed E-state index contributed by atoms with van der Waals surface area (Å²) in [6, 6.07) is 46.3. The molecule has 1 aliphatic rings. The molecule has 0 unspecified atom stereocenters. The second-order valence-corrected chi connectivity index (χ2v) is 19.4. The third kappa shape index (κ3) is 5.98. The quantitative estimate of drug-likeness (QED) is 0.127. The van der Waals surface area contributed by atoms with Crippen molar-refractivity contribution in [1.29, 1.82) is 0 Å². The van der Waals surface area contributed by atoms with E-state index in [1.807, 2.05) is 11.3 Å². The minimum Gasteiger partial charge on any atom is -0.355 e. The van der Waals surface area contributed by atoms with Gasteiger partial charge in [-0.05, 0) is 93.2 Å². The van der Waals surface area contributed by atoms with Crippen molar-refractivity contribution in [2.75, 3.05) is 5.32 Å². The van der Waals surface area contributed by atoms with E-state index in [1.165, 1.54) is 116 Å². The van der Waals surface area contributed by atoms with E-state index in [0.717, 1.165) is 17.8 Å². The van der Waals surface area contributed by atoms with Gasteiger partial charge in [0.2, 0.25) is 0 Å². The van der Waals surface area contributed by atoms with Crippen molar-refractivity contribution in [1.82, 2.24) is 4.57 Å². The first-order chi connectivity index (χ1) is 27.5. The van der Waals surface area contributed by atoms with Gasteiger partial charge in [-0.2, -0.15) is 0 Å². The molecule has 0 aliphatic carbocycles. The number of nitrogens with zero attached hydrogens (tertiary/aromatic N) is 1. The molecule has 7 aromatic carbocycles. The second kappa shape index (κ2) is 13.4. The number of fused-ring (bicyclic) bond motifs is 10. The Balaban J connectivity index is 1.31. The van der Waals surface area contributed by atoms with Crippen LogP contribution in [-0.4, -0.2) is 11.8 Å². The summed E-state index contributed by atoms with van der Waals surface area (Å²) in [6.07, 6.45) is 4.80. The molecule has 4 heteroatoms. The molecule has 57 heavy (non-hydrogen) atoms. The van der Waals surface area contributed by atoms with Crippen LogP contribution in [0.1, 0.15) is 84.4 Å². The van der Waals surface area contributed by atoms with Crippen LogP contribution in [-0.2, 0) is 17.3 Å². The van der Waals surface area contributed by atoms with Gasteiger partial charge in [-0.3, -0.25) is 0 Å². The summed E-state index contributed by atoms with van der Waals surface area (Å²) >= 11 is 1.88. The van der Waals surface area contributed by atoms with Gasteiger partial charge in [0.05, 0.1) is 5.52 Å². The maximum absolute atomic E-state index is 3.97. The summed E-state index contributed by atoms with van der Waals surface area (Å²) < 4.78 is 5.25. The highest BCUT2D eigenvalue weighted by Gasteiger charge is 2.32. The molecule has 0 saturated carbocycles. The lowest BCUT2D eigenvalue weighted by Gasteiger charge is -2.28. The maximum atomic E-state index is 3.97. The van der Waals surface area contributed by atoms with Crippen LogP contribution in [0.3, 0.4) is 0 Å². The molecular formula is C53H50BN2S. The lowest BCUT2D eigenvalue weighted by molar-refractivity contribution is 0.590. The van der Waals surface area contributed by atoms with Crippen molar-refractivity contribution in [3.63, 3.8) is 0 Å². The molecule has 10 rings (SSSR count). The molecule has 0 bridgehead atoms. The Bertz CT molecular complexity index is 3040. The fraction of sp³-hybridized carbons (Fsp3) is 0.245. The van der Waals surface area contributed by atoms with Gasteiger partial charge < -0.3 is 9.88 Å². The monoisotopic (exact) mass is 757 g/mol. The molecule has 2 aromatic heterocycles. The van der Waals surface area contributed by atoms with Crippen molar-refractivity contribution in [2.24, 2.45) is 0 Å². The lowest BCUT2D eigenvalue weighted by atomic mass is 9.58. The van der Waals surface area contributed by atoms with E-state index in [2.05, 4.69) is 187 Å².